The molecule has 0 unspecified atom stereocenters. The van der Waals surface area contributed by atoms with Crippen molar-refractivity contribution in [2.75, 3.05) is 12.9 Å². The molecule has 29 heavy (non-hydrogen) atoms. The highest BCUT2D eigenvalue weighted by molar-refractivity contribution is 9.10. The summed E-state index contributed by atoms with van der Waals surface area (Å²) in [6.45, 7) is -0.559. The Morgan fingerprint density at radius 1 is 0.897 bits per heavy atom. The van der Waals surface area contributed by atoms with Gasteiger partial charge >= 0.3 is 5.97 Å². The summed E-state index contributed by atoms with van der Waals surface area (Å²) in [6, 6.07) is 13.6. The van der Waals surface area contributed by atoms with Crippen LogP contribution in [0.15, 0.2) is 57.9 Å². The topological polar surface area (TPSA) is 102 Å². The lowest BCUT2D eigenvalue weighted by molar-refractivity contribution is -0.148. The Kier molecular flexibility index (Phi) is 8.88. The predicted octanol–water partition coefficient (Wildman–Crippen LogP) is 3.14. The van der Waals surface area contributed by atoms with E-state index in [2.05, 4.69) is 26.8 Å². The number of hydrogen-bond donors (Lipinski definition) is 2. The van der Waals surface area contributed by atoms with Crippen molar-refractivity contribution in [3.8, 4) is 0 Å². The van der Waals surface area contributed by atoms with E-state index in [1.807, 2.05) is 18.4 Å². The minimum atomic E-state index is -0.692. The van der Waals surface area contributed by atoms with E-state index in [-0.39, 0.29) is 18.6 Å². The molecule has 0 aliphatic carbocycles. The molecule has 0 saturated heterocycles. The molecule has 0 bridgehead atoms. The second-order valence-corrected chi connectivity index (χ2v) is 7.62. The molecule has 2 aromatic rings. The Bertz CT molecular complexity index is 885. The van der Waals surface area contributed by atoms with Crippen LogP contribution >= 0.6 is 27.7 Å². The first kappa shape index (κ1) is 22.6. The van der Waals surface area contributed by atoms with Crippen LogP contribution in [-0.4, -0.2) is 36.4 Å². The van der Waals surface area contributed by atoms with Gasteiger partial charge in [-0.15, -0.1) is 11.8 Å². The zero-order valence-electron chi connectivity index (χ0n) is 15.6. The molecule has 0 saturated carbocycles. The average Bonchev–Trinajstić information content (AvgIpc) is 2.74. The summed E-state index contributed by atoms with van der Waals surface area (Å²) in [5.41, 5.74) is 5.25. The molecule has 0 spiro atoms. The van der Waals surface area contributed by atoms with Crippen LogP contribution in [-0.2, 0) is 14.3 Å². The Hall–Kier alpha value is -2.65. The molecule has 0 radical (unpaired) electrons. The highest BCUT2D eigenvalue weighted by Crippen LogP contribution is 2.16. The molecule has 0 atom stereocenters. The number of hydrogen-bond acceptors (Lipinski definition) is 6. The van der Waals surface area contributed by atoms with Crippen molar-refractivity contribution < 1.29 is 23.9 Å². The quantitative estimate of drug-likeness (QED) is 0.261. The number of benzene rings is 2. The van der Waals surface area contributed by atoms with Crippen molar-refractivity contribution in [2.45, 2.75) is 17.7 Å². The second kappa shape index (κ2) is 11.4. The van der Waals surface area contributed by atoms with Crippen LogP contribution in [0, 0.1) is 0 Å². The molecule has 0 aliphatic heterocycles. The molecule has 0 fully saturated rings. The minimum Gasteiger partial charge on any atom is -0.455 e. The summed E-state index contributed by atoms with van der Waals surface area (Å²) < 4.78 is 5.64. The summed E-state index contributed by atoms with van der Waals surface area (Å²) in [4.78, 5) is 48.4. The summed E-state index contributed by atoms with van der Waals surface area (Å²) in [7, 11) is 0. The van der Waals surface area contributed by atoms with Gasteiger partial charge in [-0.25, -0.2) is 0 Å². The molecule has 9 heteroatoms. The van der Waals surface area contributed by atoms with E-state index < -0.39 is 24.4 Å². The smallest absolute Gasteiger partial charge is 0.306 e. The summed E-state index contributed by atoms with van der Waals surface area (Å²) >= 11 is 4.83. The van der Waals surface area contributed by atoms with Gasteiger partial charge in [0.2, 0.25) is 0 Å². The fourth-order valence-corrected chi connectivity index (χ4v) is 2.86. The highest BCUT2D eigenvalue weighted by atomic mass is 79.9. The summed E-state index contributed by atoms with van der Waals surface area (Å²) in [5.74, 6) is -2.05. The zero-order valence-corrected chi connectivity index (χ0v) is 18.0. The number of carbonyl (C=O) groups excluding carboxylic acids is 4. The molecule has 2 rings (SSSR count). The van der Waals surface area contributed by atoms with E-state index in [4.69, 9.17) is 4.74 Å². The third kappa shape index (κ3) is 7.71. The second-order valence-electron chi connectivity index (χ2n) is 5.82. The van der Waals surface area contributed by atoms with Crippen LogP contribution in [0.4, 0.5) is 0 Å². The van der Waals surface area contributed by atoms with Crippen molar-refractivity contribution >= 4 is 51.3 Å². The Balaban J connectivity index is 1.67. The van der Waals surface area contributed by atoms with Crippen LogP contribution in [0.2, 0.25) is 0 Å². The van der Waals surface area contributed by atoms with Gasteiger partial charge in [0, 0.05) is 26.9 Å². The number of thioether (sulfide) groups is 1. The molecule has 0 aromatic heterocycles. The molecule has 7 nitrogen and oxygen atoms in total. The number of rotatable bonds is 8. The number of hydrazine groups is 1. The van der Waals surface area contributed by atoms with Crippen LogP contribution in [0.3, 0.4) is 0 Å². The van der Waals surface area contributed by atoms with E-state index in [0.717, 1.165) is 9.37 Å². The Labute approximate surface area is 180 Å². The van der Waals surface area contributed by atoms with Crippen LogP contribution in [0.1, 0.15) is 33.6 Å². The molecule has 2 N–H and O–H groups in total. The fraction of sp³-hybridized carbons (Fsp3) is 0.200. The average molecular weight is 479 g/mol. The summed E-state index contributed by atoms with van der Waals surface area (Å²) in [5, 5.41) is 0. The standard InChI is InChI=1S/C20H19BrN2O5S/c1-29-16-8-4-13(5-9-16)17(24)10-11-19(26)28-12-18(25)22-23-20(27)14-2-6-15(21)7-3-14/h2-9H,10-12H2,1H3,(H,22,25)(H,23,27). The van der Waals surface area contributed by atoms with Gasteiger partial charge in [-0.2, -0.15) is 0 Å². The van der Waals surface area contributed by atoms with Crippen molar-refractivity contribution in [1.29, 1.82) is 0 Å². The fourth-order valence-electron chi connectivity index (χ4n) is 2.19. The van der Waals surface area contributed by atoms with Gasteiger partial charge in [0.15, 0.2) is 12.4 Å². The number of carbonyl (C=O) groups is 4. The summed E-state index contributed by atoms with van der Waals surface area (Å²) in [6.07, 6.45) is 1.79. The minimum absolute atomic E-state index is 0.0145. The van der Waals surface area contributed by atoms with Gasteiger partial charge in [-0.3, -0.25) is 30.0 Å². The third-order valence-corrected chi connectivity index (χ3v) is 5.03. The van der Waals surface area contributed by atoms with Crippen molar-refractivity contribution in [3.05, 3.63) is 64.1 Å². The zero-order chi connectivity index (χ0) is 21.2. The SMILES string of the molecule is CSc1ccc(C(=O)CCC(=O)OCC(=O)NNC(=O)c2ccc(Br)cc2)cc1. The van der Waals surface area contributed by atoms with Gasteiger partial charge in [0.25, 0.3) is 11.8 Å². The third-order valence-electron chi connectivity index (χ3n) is 3.75. The molecule has 2 amide bonds. The maximum absolute atomic E-state index is 12.1. The monoisotopic (exact) mass is 478 g/mol. The number of nitrogens with one attached hydrogen (secondary N) is 2. The number of esters is 1. The van der Waals surface area contributed by atoms with Gasteiger partial charge < -0.3 is 4.74 Å². The first-order chi connectivity index (χ1) is 13.9. The van der Waals surface area contributed by atoms with Crippen molar-refractivity contribution in [1.82, 2.24) is 10.9 Å². The Morgan fingerprint density at radius 3 is 2.14 bits per heavy atom. The van der Waals surface area contributed by atoms with E-state index in [9.17, 15) is 19.2 Å². The van der Waals surface area contributed by atoms with Crippen LogP contribution in [0.5, 0.6) is 0 Å². The van der Waals surface area contributed by atoms with Gasteiger partial charge in [-0.05, 0) is 42.7 Å². The van der Waals surface area contributed by atoms with E-state index in [0.29, 0.717) is 11.1 Å². The van der Waals surface area contributed by atoms with Crippen LogP contribution < -0.4 is 10.9 Å². The van der Waals surface area contributed by atoms with E-state index >= 15 is 0 Å². The first-order valence-corrected chi connectivity index (χ1v) is 10.6. The number of ketones is 1. The lowest BCUT2D eigenvalue weighted by atomic mass is 10.1. The predicted molar refractivity (Wildman–Crippen MR) is 112 cm³/mol. The lowest BCUT2D eigenvalue weighted by Crippen LogP contribution is -2.43. The molecule has 0 heterocycles. The number of amides is 2. The molecule has 2 aromatic carbocycles. The normalized spacial score (nSPS) is 10.1. The maximum atomic E-state index is 12.1. The first-order valence-electron chi connectivity index (χ1n) is 8.56. The molecule has 0 aliphatic rings. The number of halogens is 1. The molecular formula is C20H19BrN2O5S. The van der Waals surface area contributed by atoms with E-state index in [1.54, 1.807) is 48.2 Å². The number of ether oxygens (including phenoxy) is 1. The molecule has 152 valence electrons. The van der Waals surface area contributed by atoms with E-state index in [1.165, 1.54) is 0 Å². The highest BCUT2D eigenvalue weighted by Gasteiger charge is 2.13. The maximum Gasteiger partial charge on any atom is 0.306 e. The van der Waals surface area contributed by atoms with Crippen molar-refractivity contribution in [3.63, 3.8) is 0 Å². The largest absolute Gasteiger partial charge is 0.455 e. The van der Waals surface area contributed by atoms with Gasteiger partial charge in [-0.1, -0.05) is 28.1 Å². The van der Waals surface area contributed by atoms with Gasteiger partial charge in [0.1, 0.15) is 0 Å². The Morgan fingerprint density at radius 2 is 1.52 bits per heavy atom. The van der Waals surface area contributed by atoms with Crippen molar-refractivity contribution in [2.24, 2.45) is 0 Å². The molecular weight excluding hydrogens is 460 g/mol. The van der Waals surface area contributed by atoms with Crippen LogP contribution in [0.25, 0.3) is 0 Å². The van der Waals surface area contributed by atoms with Gasteiger partial charge in [0.05, 0.1) is 6.42 Å². The number of Topliss-reactive ketones (excluding diaryl/α,β-unsaturated/α-hetero) is 1. The lowest BCUT2D eigenvalue weighted by Gasteiger charge is -2.08.